The number of carbonyl (C=O) groups excluding carboxylic acids is 5. The summed E-state index contributed by atoms with van der Waals surface area (Å²) in [6.07, 6.45) is 3.91. The van der Waals surface area contributed by atoms with Gasteiger partial charge in [-0.1, -0.05) is 51.1 Å². The molecule has 1 aliphatic heterocycles. The zero-order chi connectivity index (χ0) is 37.3. The Balaban J connectivity index is 1.47. The van der Waals surface area contributed by atoms with Crippen LogP contribution >= 0.6 is 0 Å². The normalized spacial score (nSPS) is 14.1. The van der Waals surface area contributed by atoms with Gasteiger partial charge in [-0.3, -0.25) is 28.9 Å². The van der Waals surface area contributed by atoms with E-state index in [4.69, 9.17) is 5.73 Å². The highest BCUT2D eigenvalue weighted by Crippen LogP contribution is 2.41. The molecule has 51 heavy (non-hydrogen) atoms. The molecule has 0 saturated heterocycles. The first kappa shape index (κ1) is 38.6. The molecule has 0 fully saturated rings. The van der Waals surface area contributed by atoms with Crippen molar-refractivity contribution in [2.24, 2.45) is 11.1 Å². The van der Waals surface area contributed by atoms with E-state index in [1.165, 1.54) is 4.90 Å². The molecular weight excluding hydrogens is 662 g/mol. The van der Waals surface area contributed by atoms with E-state index in [1.807, 2.05) is 55.7 Å². The van der Waals surface area contributed by atoms with Crippen molar-refractivity contribution < 1.29 is 37.9 Å². The molecule has 0 spiro atoms. The molecule has 4 rings (SSSR count). The van der Waals surface area contributed by atoms with Crippen LogP contribution in [0.5, 0.6) is 0 Å². The fraction of sp³-hybridized carbons (Fsp3) is 0.378. The number of aliphatic hydroxyl groups excluding tert-OH is 1. The van der Waals surface area contributed by atoms with E-state index in [0.717, 1.165) is 40.8 Å². The Bertz CT molecular complexity index is 1750. The van der Waals surface area contributed by atoms with Crippen molar-refractivity contribution in [1.29, 1.82) is 0 Å². The lowest BCUT2D eigenvalue weighted by atomic mass is 9.82. The summed E-state index contributed by atoms with van der Waals surface area (Å²) in [5.41, 5.74) is 7.57. The molecule has 0 aliphatic carbocycles. The zero-order valence-electron chi connectivity index (χ0n) is 28.9. The molecule has 12 nitrogen and oxygen atoms in total. The number of rotatable bonds is 16. The number of hydrogen-bond acceptors (Lipinski definition) is 7. The Labute approximate surface area is 295 Å². The summed E-state index contributed by atoms with van der Waals surface area (Å²) >= 11 is 0. The van der Waals surface area contributed by atoms with E-state index < -0.39 is 65.3 Å². The zero-order valence-corrected chi connectivity index (χ0v) is 28.9. The minimum Gasteiger partial charge on any atom is -0.387 e. The summed E-state index contributed by atoms with van der Waals surface area (Å²) in [4.78, 5) is 64.1. The van der Waals surface area contributed by atoms with Crippen LogP contribution in [0.3, 0.4) is 0 Å². The predicted molar refractivity (Wildman–Crippen MR) is 185 cm³/mol. The summed E-state index contributed by atoms with van der Waals surface area (Å²) in [5.74, 6) is -3.71. The maximum atomic E-state index is 15.0. The van der Waals surface area contributed by atoms with Gasteiger partial charge in [-0.15, -0.1) is 0 Å². The number of nitrogens with one attached hydrogen (secondary N) is 2. The molecule has 2 heterocycles. The molecule has 14 heteroatoms. The molecule has 1 aliphatic rings. The van der Waals surface area contributed by atoms with Crippen LogP contribution in [-0.2, 0) is 30.5 Å². The van der Waals surface area contributed by atoms with E-state index in [0.29, 0.717) is 17.8 Å². The topological polar surface area (TPSA) is 167 Å². The molecule has 0 radical (unpaired) electrons. The van der Waals surface area contributed by atoms with Gasteiger partial charge in [0.2, 0.25) is 17.7 Å². The molecule has 2 aromatic carbocycles. The number of aromatic nitrogens is 1. The Morgan fingerprint density at radius 3 is 2.27 bits per heavy atom. The van der Waals surface area contributed by atoms with Crippen LogP contribution in [0.25, 0.3) is 11.1 Å². The fourth-order valence-corrected chi connectivity index (χ4v) is 5.98. The molecule has 2 unspecified atom stereocenters. The van der Waals surface area contributed by atoms with Crippen LogP contribution in [0.2, 0.25) is 0 Å². The van der Waals surface area contributed by atoms with Gasteiger partial charge in [-0.25, -0.2) is 8.78 Å². The summed E-state index contributed by atoms with van der Waals surface area (Å²) < 4.78 is 31.1. The summed E-state index contributed by atoms with van der Waals surface area (Å²) in [6, 6.07) is 12.7. The first-order chi connectivity index (χ1) is 24.2. The van der Waals surface area contributed by atoms with E-state index in [-0.39, 0.29) is 44.6 Å². The highest BCUT2D eigenvalue weighted by Gasteiger charge is 2.37. The quantitative estimate of drug-likeness (QED) is 0.131. The molecule has 5 N–H and O–H groups in total. The third-order valence-electron chi connectivity index (χ3n) is 8.46. The second-order valence-electron chi connectivity index (χ2n) is 13.4. The first-order valence-corrected chi connectivity index (χ1v) is 16.6. The van der Waals surface area contributed by atoms with Crippen molar-refractivity contribution in [3.63, 3.8) is 0 Å². The lowest BCUT2D eigenvalue weighted by molar-refractivity contribution is -0.140. The average molecular weight is 707 g/mol. The van der Waals surface area contributed by atoms with Gasteiger partial charge in [-0.05, 0) is 41.7 Å². The minimum absolute atomic E-state index is 0.0182. The number of carbonyl (C=O) groups is 5. The van der Waals surface area contributed by atoms with Crippen molar-refractivity contribution >= 4 is 29.5 Å². The summed E-state index contributed by atoms with van der Waals surface area (Å²) in [6.45, 7) is 5.33. The predicted octanol–water partition coefficient (Wildman–Crippen LogP) is 2.65. The van der Waals surface area contributed by atoms with Crippen molar-refractivity contribution in [1.82, 2.24) is 25.0 Å². The van der Waals surface area contributed by atoms with Crippen LogP contribution in [0, 0.1) is 17.0 Å². The lowest BCUT2D eigenvalue weighted by Gasteiger charge is -2.41. The molecule has 1 aromatic heterocycles. The highest BCUT2D eigenvalue weighted by atomic mass is 19.1. The Morgan fingerprint density at radius 2 is 1.63 bits per heavy atom. The van der Waals surface area contributed by atoms with Gasteiger partial charge < -0.3 is 30.9 Å². The second kappa shape index (κ2) is 17.1. The second-order valence-corrected chi connectivity index (χ2v) is 13.4. The van der Waals surface area contributed by atoms with Gasteiger partial charge in [0, 0.05) is 74.3 Å². The van der Waals surface area contributed by atoms with Gasteiger partial charge >= 0.3 is 0 Å². The third-order valence-corrected chi connectivity index (χ3v) is 8.46. The number of benzene rings is 2. The Morgan fingerprint density at radius 1 is 0.961 bits per heavy atom. The number of imide groups is 1. The largest absolute Gasteiger partial charge is 0.387 e. The number of halogens is 2. The van der Waals surface area contributed by atoms with Crippen molar-refractivity contribution in [2.45, 2.75) is 52.2 Å². The number of hydrogen-bond donors (Lipinski definition) is 4. The maximum absolute atomic E-state index is 15.0. The molecular formula is C37H44F2N6O6. The average Bonchev–Trinajstić information content (AvgIpc) is 3.64. The lowest BCUT2D eigenvalue weighted by Crippen LogP contribution is -2.48. The smallest absolute Gasteiger partial charge is 0.253 e. The van der Waals surface area contributed by atoms with Crippen LogP contribution in [0.4, 0.5) is 8.78 Å². The van der Waals surface area contributed by atoms with E-state index in [9.17, 15) is 37.9 Å². The molecule has 2 atom stereocenters. The van der Waals surface area contributed by atoms with Gasteiger partial charge in [0.25, 0.3) is 11.8 Å². The Kier molecular flexibility index (Phi) is 13.0. The maximum Gasteiger partial charge on any atom is 0.253 e. The van der Waals surface area contributed by atoms with Crippen LogP contribution in [0.15, 0.2) is 72.9 Å². The molecule has 0 saturated carbocycles. The molecule has 3 aromatic rings. The van der Waals surface area contributed by atoms with Crippen molar-refractivity contribution in [3.05, 3.63) is 95.8 Å². The number of aliphatic hydroxyl groups is 1. The van der Waals surface area contributed by atoms with E-state index in [2.05, 4.69) is 10.6 Å². The number of nitrogens with two attached hydrogens (primary N) is 1. The van der Waals surface area contributed by atoms with Gasteiger partial charge in [0.15, 0.2) is 0 Å². The first-order valence-electron chi connectivity index (χ1n) is 16.6. The minimum atomic E-state index is -1.05. The third kappa shape index (κ3) is 10.2. The van der Waals surface area contributed by atoms with Crippen molar-refractivity contribution in [2.75, 3.05) is 32.8 Å². The molecule has 5 amide bonds. The Hall–Kier alpha value is -5.21. The number of nitrogens with zero attached hydrogens (tertiary/aromatic N) is 3. The van der Waals surface area contributed by atoms with Crippen LogP contribution in [0.1, 0.15) is 50.9 Å². The SMILES string of the molecule is CC(C)(C)C(c1cc(-c2cc(F)ccc2F)cn1Cc1ccccc1)N(CCC(N)C(=O)NCCNC(=O)CCN1C(=O)C=CC1=O)C(=O)CO. The van der Waals surface area contributed by atoms with Crippen LogP contribution in [-0.4, -0.2) is 87.8 Å². The molecule has 272 valence electrons. The van der Waals surface area contributed by atoms with Gasteiger partial charge in [0.1, 0.15) is 18.2 Å². The standard InChI is InChI=1S/C37H44F2N6O6/c1-37(2,3)35(30-19-25(27-20-26(38)9-10-28(27)39)22-43(30)21-24-7-5-4-6-8-24)45(34(50)23-46)17-13-29(40)36(51)42-16-15-41-31(47)14-18-44-32(48)11-12-33(44)49/h4-12,19-20,22,29,35,46H,13-18,21,23,40H2,1-3H3,(H,41,47)(H,42,51). The van der Waals surface area contributed by atoms with Gasteiger partial charge in [-0.2, -0.15) is 0 Å². The van der Waals surface area contributed by atoms with E-state index in [1.54, 1.807) is 12.3 Å². The summed E-state index contributed by atoms with van der Waals surface area (Å²) in [7, 11) is 0. The van der Waals surface area contributed by atoms with Crippen molar-refractivity contribution in [3.8, 4) is 11.1 Å². The molecule has 0 bridgehead atoms. The monoisotopic (exact) mass is 706 g/mol. The van der Waals surface area contributed by atoms with Gasteiger partial charge in [0.05, 0.1) is 12.1 Å². The fourth-order valence-electron chi connectivity index (χ4n) is 5.98. The summed E-state index contributed by atoms with van der Waals surface area (Å²) in [5, 5.41) is 15.3. The number of amides is 5. The highest BCUT2D eigenvalue weighted by molar-refractivity contribution is 6.13. The van der Waals surface area contributed by atoms with Crippen LogP contribution < -0.4 is 16.4 Å². The van der Waals surface area contributed by atoms with E-state index >= 15 is 0 Å².